The zero-order valence-electron chi connectivity index (χ0n) is 16.4. The van der Waals surface area contributed by atoms with E-state index >= 15 is 0 Å². The number of carbonyl (C=O) groups excluding carboxylic acids is 2. The molecule has 2 bridgehead atoms. The molecule has 3 amide bonds. The van der Waals surface area contributed by atoms with Gasteiger partial charge in [-0.1, -0.05) is 18.2 Å². The molecule has 2 atom stereocenters. The number of urea groups is 1. The minimum absolute atomic E-state index is 0.0512. The van der Waals surface area contributed by atoms with Crippen molar-refractivity contribution in [3.63, 3.8) is 0 Å². The molecule has 3 fully saturated rings. The van der Waals surface area contributed by atoms with E-state index in [-0.39, 0.29) is 18.0 Å². The Morgan fingerprint density at radius 1 is 1.11 bits per heavy atom. The summed E-state index contributed by atoms with van der Waals surface area (Å²) in [7, 11) is 5.60. The van der Waals surface area contributed by atoms with Gasteiger partial charge in [-0.3, -0.25) is 4.79 Å². The number of fused-ring (bicyclic) bond motifs is 5. The summed E-state index contributed by atoms with van der Waals surface area (Å²) in [5.74, 6) is 0.560. The summed E-state index contributed by atoms with van der Waals surface area (Å²) in [6.07, 6.45) is 4.58. The highest BCUT2D eigenvalue weighted by molar-refractivity contribution is 5.89. The predicted molar refractivity (Wildman–Crippen MR) is 106 cm³/mol. The fourth-order valence-electron chi connectivity index (χ4n) is 4.66. The van der Waals surface area contributed by atoms with Crippen LogP contribution in [0.4, 0.5) is 4.79 Å². The Hall–Kier alpha value is -2.50. The molecule has 6 nitrogen and oxygen atoms in total. The van der Waals surface area contributed by atoms with Crippen LogP contribution in [-0.2, 0) is 18.3 Å². The first-order chi connectivity index (χ1) is 12.9. The van der Waals surface area contributed by atoms with Crippen molar-refractivity contribution in [1.29, 1.82) is 0 Å². The maximum atomic E-state index is 13.2. The topological polar surface area (TPSA) is 48.8 Å². The number of aryl methyl sites for hydroxylation is 1. The second-order valence-corrected chi connectivity index (χ2v) is 8.18. The van der Waals surface area contributed by atoms with Crippen LogP contribution in [0.25, 0.3) is 10.9 Å². The summed E-state index contributed by atoms with van der Waals surface area (Å²) in [6, 6.07) is 8.41. The van der Waals surface area contributed by atoms with Crippen LogP contribution in [0.15, 0.2) is 30.5 Å². The number of nitrogens with zero attached hydrogens (tertiary/aromatic N) is 4. The van der Waals surface area contributed by atoms with Gasteiger partial charge in [0.1, 0.15) is 0 Å². The number of piperidine rings is 1. The first-order valence-electron chi connectivity index (χ1n) is 9.72. The van der Waals surface area contributed by atoms with Crippen LogP contribution in [0.1, 0.15) is 18.4 Å². The Morgan fingerprint density at radius 2 is 1.89 bits per heavy atom. The van der Waals surface area contributed by atoms with Crippen LogP contribution in [0, 0.1) is 5.92 Å². The van der Waals surface area contributed by atoms with Gasteiger partial charge in [0.15, 0.2) is 0 Å². The van der Waals surface area contributed by atoms with Gasteiger partial charge in [0.2, 0.25) is 5.91 Å². The maximum absolute atomic E-state index is 13.2. The Kier molecular flexibility index (Phi) is 4.58. The highest BCUT2D eigenvalue weighted by atomic mass is 16.2. The van der Waals surface area contributed by atoms with Gasteiger partial charge in [0.25, 0.3) is 0 Å². The summed E-state index contributed by atoms with van der Waals surface area (Å²) in [5, 5.41) is 1.15. The van der Waals surface area contributed by atoms with E-state index in [2.05, 4.69) is 22.9 Å². The molecule has 5 rings (SSSR count). The third kappa shape index (κ3) is 3.29. The maximum Gasteiger partial charge on any atom is 0.319 e. The molecule has 0 N–H and O–H groups in total. The van der Waals surface area contributed by atoms with E-state index in [1.54, 1.807) is 19.0 Å². The van der Waals surface area contributed by atoms with Gasteiger partial charge in [0, 0.05) is 63.9 Å². The molecule has 2 aromatic rings. The van der Waals surface area contributed by atoms with Crippen LogP contribution in [-0.4, -0.2) is 71.0 Å². The highest BCUT2D eigenvalue weighted by Crippen LogP contribution is 2.30. The van der Waals surface area contributed by atoms with Crippen LogP contribution in [0.3, 0.4) is 0 Å². The minimum Gasteiger partial charge on any atom is -0.350 e. The van der Waals surface area contributed by atoms with Crippen molar-refractivity contribution in [2.75, 3.05) is 33.7 Å². The minimum atomic E-state index is 0.0512. The van der Waals surface area contributed by atoms with Gasteiger partial charge in [-0.2, -0.15) is 0 Å². The number of para-hydroxylation sites is 1. The lowest BCUT2D eigenvalue weighted by Gasteiger charge is -2.36. The number of hydrogen-bond donors (Lipinski definition) is 0. The van der Waals surface area contributed by atoms with Crippen molar-refractivity contribution >= 4 is 22.8 Å². The molecule has 3 saturated heterocycles. The average molecular weight is 368 g/mol. The van der Waals surface area contributed by atoms with Gasteiger partial charge >= 0.3 is 6.03 Å². The zero-order valence-corrected chi connectivity index (χ0v) is 16.4. The summed E-state index contributed by atoms with van der Waals surface area (Å²) in [5.41, 5.74) is 2.24. The molecule has 0 spiro atoms. The molecule has 1 aromatic heterocycles. The van der Waals surface area contributed by atoms with Gasteiger partial charge < -0.3 is 19.3 Å². The molecule has 27 heavy (non-hydrogen) atoms. The molecule has 6 heteroatoms. The van der Waals surface area contributed by atoms with Gasteiger partial charge in [0.05, 0.1) is 6.42 Å². The number of hydrogen-bond acceptors (Lipinski definition) is 2. The number of aromatic nitrogens is 1. The normalized spacial score (nSPS) is 22.2. The zero-order chi connectivity index (χ0) is 19.1. The Labute approximate surface area is 160 Å². The fraction of sp³-hybridized carbons (Fsp3) is 0.524. The Bertz CT molecular complexity index is 872. The van der Waals surface area contributed by atoms with Gasteiger partial charge in [-0.15, -0.1) is 0 Å². The van der Waals surface area contributed by atoms with Crippen LogP contribution < -0.4 is 0 Å². The van der Waals surface area contributed by atoms with Crippen LogP contribution in [0.5, 0.6) is 0 Å². The molecule has 0 saturated carbocycles. The second-order valence-electron chi connectivity index (χ2n) is 8.18. The SMILES string of the molecule is CN(C)C(=O)N1C[C@H]2CC[C@@H](C1)N(C(=O)Cc1cn(C)c3ccccc13)C2. The number of benzene rings is 1. The van der Waals surface area contributed by atoms with Crippen LogP contribution >= 0.6 is 0 Å². The lowest BCUT2D eigenvalue weighted by Crippen LogP contribution is -2.49. The molecule has 0 unspecified atom stereocenters. The quantitative estimate of drug-likeness (QED) is 0.817. The smallest absolute Gasteiger partial charge is 0.319 e. The van der Waals surface area contributed by atoms with Crippen molar-refractivity contribution in [3.05, 3.63) is 36.0 Å². The molecule has 3 aliphatic rings. The van der Waals surface area contributed by atoms with Crippen molar-refractivity contribution in [1.82, 2.24) is 19.3 Å². The van der Waals surface area contributed by atoms with Crippen molar-refractivity contribution in [3.8, 4) is 0 Å². The Balaban J connectivity index is 1.53. The third-order valence-corrected chi connectivity index (χ3v) is 6.01. The largest absolute Gasteiger partial charge is 0.350 e. The van der Waals surface area contributed by atoms with E-state index in [0.717, 1.165) is 42.4 Å². The second kappa shape index (κ2) is 6.91. The lowest BCUT2D eigenvalue weighted by molar-refractivity contribution is -0.134. The molecule has 4 heterocycles. The van der Waals surface area contributed by atoms with E-state index < -0.39 is 0 Å². The lowest BCUT2D eigenvalue weighted by atomic mass is 9.94. The third-order valence-electron chi connectivity index (χ3n) is 6.01. The first-order valence-corrected chi connectivity index (χ1v) is 9.72. The number of amides is 3. The summed E-state index contributed by atoms with van der Waals surface area (Å²) in [6.45, 7) is 2.17. The van der Waals surface area contributed by atoms with E-state index in [1.165, 1.54) is 0 Å². The molecule has 0 aliphatic carbocycles. The summed E-state index contributed by atoms with van der Waals surface area (Å²) >= 11 is 0. The highest BCUT2D eigenvalue weighted by Gasteiger charge is 2.38. The molecule has 144 valence electrons. The first kappa shape index (κ1) is 17.9. The summed E-state index contributed by atoms with van der Waals surface area (Å²) in [4.78, 5) is 31.2. The monoisotopic (exact) mass is 368 g/mol. The standard InChI is InChI=1S/C21H28N4O2/c1-22(2)21(27)24-11-15-8-9-17(14-24)25(12-15)20(26)10-16-13-23(3)19-7-5-4-6-18(16)19/h4-7,13,15,17H,8-12,14H2,1-3H3/t15-,17+/m1/s1. The van der Waals surface area contributed by atoms with Crippen LogP contribution in [0.2, 0.25) is 0 Å². The van der Waals surface area contributed by atoms with Crippen molar-refractivity contribution in [2.45, 2.75) is 25.3 Å². The predicted octanol–water partition coefficient (Wildman–Crippen LogP) is 2.33. The molecule has 0 radical (unpaired) electrons. The van der Waals surface area contributed by atoms with Crippen molar-refractivity contribution < 1.29 is 9.59 Å². The van der Waals surface area contributed by atoms with Gasteiger partial charge in [-0.05, 0) is 30.4 Å². The number of rotatable bonds is 2. The van der Waals surface area contributed by atoms with Crippen molar-refractivity contribution in [2.24, 2.45) is 13.0 Å². The molecular formula is C21H28N4O2. The molecule has 3 aliphatic heterocycles. The van der Waals surface area contributed by atoms with E-state index in [0.29, 0.717) is 18.9 Å². The summed E-state index contributed by atoms with van der Waals surface area (Å²) < 4.78 is 2.09. The van der Waals surface area contributed by atoms with Gasteiger partial charge in [-0.25, -0.2) is 4.79 Å². The average Bonchev–Trinajstić information content (AvgIpc) is 2.83. The van der Waals surface area contributed by atoms with E-state index in [9.17, 15) is 9.59 Å². The Morgan fingerprint density at radius 3 is 2.67 bits per heavy atom. The molecular weight excluding hydrogens is 340 g/mol. The van der Waals surface area contributed by atoms with E-state index in [4.69, 9.17) is 0 Å². The van der Waals surface area contributed by atoms with E-state index in [1.807, 2.05) is 29.0 Å². The fourth-order valence-corrected chi connectivity index (χ4v) is 4.66. The number of carbonyl (C=O) groups is 2. The molecule has 1 aromatic carbocycles.